The molecule has 0 fully saturated rings. The van der Waals surface area contributed by atoms with E-state index in [9.17, 15) is 0 Å². The molecule has 0 radical (unpaired) electrons. The van der Waals surface area contributed by atoms with Gasteiger partial charge >= 0.3 is 0 Å². The number of fused-ring (bicyclic) bond motifs is 1. The molecule has 86 valence electrons. The molecule has 17 heavy (non-hydrogen) atoms. The lowest BCUT2D eigenvalue weighted by atomic mass is 10.2. The van der Waals surface area contributed by atoms with Crippen molar-refractivity contribution in [3.05, 3.63) is 36.4 Å². The van der Waals surface area contributed by atoms with Gasteiger partial charge in [-0.2, -0.15) is 4.98 Å². The smallest absolute Gasteiger partial charge is 0.243 e. The number of furan rings is 1. The minimum Gasteiger partial charge on any atom is -0.464 e. The Kier molecular flexibility index (Phi) is 2.19. The SMILES string of the molecule is C[C@@H](N)c1nc(-c2coc3ccccc23)no1. The topological polar surface area (TPSA) is 78.1 Å². The highest BCUT2D eigenvalue weighted by Gasteiger charge is 2.15. The molecular formula is C12H11N3O2. The first kappa shape index (κ1) is 10.0. The molecule has 2 aromatic heterocycles. The van der Waals surface area contributed by atoms with Crippen LogP contribution in [0.5, 0.6) is 0 Å². The summed E-state index contributed by atoms with van der Waals surface area (Å²) in [6, 6.07) is 7.43. The second kappa shape index (κ2) is 3.71. The molecule has 5 nitrogen and oxygen atoms in total. The highest BCUT2D eigenvalue weighted by atomic mass is 16.5. The van der Waals surface area contributed by atoms with Crippen LogP contribution in [0.4, 0.5) is 0 Å². The number of hydrogen-bond donors (Lipinski definition) is 1. The van der Waals surface area contributed by atoms with E-state index in [4.69, 9.17) is 14.7 Å². The van der Waals surface area contributed by atoms with Crippen molar-refractivity contribution in [1.29, 1.82) is 0 Å². The number of benzene rings is 1. The third-order valence-corrected chi connectivity index (χ3v) is 2.55. The quantitative estimate of drug-likeness (QED) is 0.730. The Morgan fingerprint density at radius 1 is 1.29 bits per heavy atom. The zero-order valence-electron chi connectivity index (χ0n) is 9.25. The van der Waals surface area contributed by atoms with Gasteiger partial charge in [0.2, 0.25) is 11.7 Å². The average Bonchev–Trinajstić information content (AvgIpc) is 2.95. The average molecular weight is 229 g/mol. The van der Waals surface area contributed by atoms with Gasteiger partial charge in [0, 0.05) is 5.39 Å². The normalized spacial score (nSPS) is 13.1. The van der Waals surface area contributed by atoms with Crippen molar-refractivity contribution >= 4 is 11.0 Å². The molecule has 2 heterocycles. The maximum absolute atomic E-state index is 5.67. The van der Waals surface area contributed by atoms with Crippen molar-refractivity contribution in [3.8, 4) is 11.4 Å². The predicted octanol–water partition coefficient (Wildman–Crippen LogP) is 2.50. The summed E-state index contributed by atoms with van der Waals surface area (Å²) in [6.07, 6.45) is 1.63. The molecule has 0 saturated heterocycles. The lowest BCUT2D eigenvalue weighted by Gasteiger charge is -1.93. The number of rotatable bonds is 2. The van der Waals surface area contributed by atoms with Gasteiger partial charge < -0.3 is 14.7 Å². The van der Waals surface area contributed by atoms with Crippen molar-refractivity contribution in [3.63, 3.8) is 0 Å². The minimum atomic E-state index is -0.269. The van der Waals surface area contributed by atoms with Gasteiger partial charge in [-0.25, -0.2) is 0 Å². The van der Waals surface area contributed by atoms with Gasteiger partial charge in [-0.15, -0.1) is 0 Å². The van der Waals surface area contributed by atoms with E-state index in [-0.39, 0.29) is 6.04 Å². The Labute approximate surface area is 97.2 Å². The molecule has 3 rings (SSSR count). The van der Waals surface area contributed by atoms with E-state index in [1.807, 2.05) is 24.3 Å². The second-order valence-corrected chi connectivity index (χ2v) is 3.89. The van der Waals surface area contributed by atoms with Crippen LogP contribution in [-0.2, 0) is 0 Å². The van der Waals surface area contributed by atoms with E-state index in [1.165, 1.54) is 0 Å². The van der Waals surface area contributed by atoms with Gasteiger partial charge in [0.1, 0.15) is 11.8 Å². The molecule has 1 aromatic carbocycles. The summed E-state index contributed by atoms with van der Waals surface area (Å²) < 4.78 is 10.5. The van der Waals surface area contributed by atoms with Crippen LogP contribution < -0.4 is 5.73 Å². The van der Waals surface area contributed by atoms with E-state index in [0.717, 1.165) is 16.5 Å². The molecule has 3 aromatic rings. The summed E-state index contributed by atoms with van der Waals surface area (Å²) in [5, 5.41) is 4.87. The first-order chi connectivity index (χ1) is 8.25. The number of nitrogens with two attached hydrogens (primary N) is 1. The number of aromatic nitrogens is 2. The van der Waals surface area contributed by atoms with E-state index in [0.29, 0.717) is 11.7 Å². The zero-order valence-corrected chi connectivity index (χ0v) is 9.25. The first-order valence-electron chi connectivity index (χ1n) is 5.31. The van der Waals surface area contributed by atoms with E-state index >= 15 is 0 Å². The zero-order chi connectivity index (χ0) is 11.8. The molecule has 0 aliphatic carbocycles. The molecular weight excluding hydrogens is 218 g/mol. The summed E-state index contributed by atoms with van der Waals surface area (Å²) >= 11 is 0. The molecule has 0 spiro atoms. The van der Waals surface area contributed by atoms with Crippen molar-refractivity contribution in [2.45, 2.75) is 13.0 Å². The molecule has 2 N–H and O–H groups in total. The van der Waals surface area contributed by atoms with E-state index < -0.39 is 0 Å². The fourth-order valence-corrected chi connectivity index (χ4v) is 1.68. The van der Waals surface area contributed by atoms with E-state index in [2.05, 4.69) is 10.1 Å². The summed E-state index contributed by atoms with van der Waals surface area (Å²) in [7, 11) is 0. The van der Waals surface area contributed by atoms with Crippen molar-refractivity contribution < 1.29 is 8.94 Å². The Balaban J connectivity index is 2.14. The van der Waals surface area contributed by atoms with Crippen LogP contribution in [-0.4, -0.2) is 10.1 Å². The molecule has 5 heteroatoms. The van der Waals surface area contributed by atoms with Crippen LogP contribution in [0, 0.1) is 0 Å². The number of hydrogen-bond acceptors (Lipinski definition) is 5. The second-order valence-electron chi connectivity index (χ2n) is 3.89. The van der Waals surface area contributed by atoms with Gasteiger partial charge in [-0.3, -0.25) is 0 Å². The van der Waals surface area contributed by atoms with Gasteiger partial charge in [-0.1, -0.05) is 23.4 Å². The molecule has 0 bridgehead atoms. The van der Waals surface area contributed by atoms with Crippen LogP contribution >= 0.6 is 0 Å². The van der Waals surface area contributed by atoms with Crippen LogP contribution in [0.3, 0.4) is 0 Å². The summed E-state index contributed by atoms with van der Waals surface area (Å²) in [6.45, 7) is 1.80. The lowest BCUT2D eigenvalue weighted by molar-refractivity contribution is 0.362. The standard InChI is InChI=1S/C12H11N3O2/c1-7(13)12-14-11(15-17-12)9-6-16-10-5-3-2-4-8(9)10/h2-7H,13H2,1H3/t7-/m1/s1. The van der Waals surface area contributed by atoms with Crippen LogP contribution in [0.2, 0.25) is 0 Å². The van der Waals surface area contributed by atoms with Gasteiger partial charge in [-0.05, 0) is 13.0 Å². The highest BCUT2D eigenvalue weighted by Crippen LogP contribution is 2.28. The van der Waals surface area contributed by atoms with Crippen LogP contribution in [0.15, 0.2) is 39.5 Å². The maximum Gasteiger partial charge on any atom is 0.243 e. The summed E-state index contributed by atoms with van der Waals surface area (Å²) in [4.78, 5) is 4.24. The molecule has 0 saturated carbocycles. The highest BCUT2D eigenvalue weighted by molar-refractivity contribution is 5.91. The molecule has 1 atom stereocenters. The fraction of sp³-hybridized carbons (Fsp3) is 0.167. The first-order valence-corrected chi connectivity index (χ1v) is 5.31. The Morgan fingerprint density at radius 2 is 2.12 bits per heavy atom. The van der Waals surface area contributed by atoms with E-state index in [1.54, 1.807) is 13.2 Å². The predicted molar refractivity (Wildman–Crippen MR) is 62.1 cm³/mol. The minimum absolute atomic E-state index is 0.269. The molecule has 0 aliphatic heterocycles. The maximum atomic E-state index is 5.67. The Bertz CT molecular complexity index is 654. The summed E-state index contributed by atoms with van der Waals surface area (Å²) in [5.74, 6) is 0.924. The monoisotopic (exact) mass is 229 g/mol. The van der Waals surface area contributed by atoms with Crippen molar-refractivity contribution in [1.82, 2.24) is 10.1 Å². The third-order valence-electron chi connectivity index (χ3n) is 2.55. The summed E-state index contributed by atoms with van der Waals surface area (Å²) in [5.41, 5.74) is 7.29. The van der Waals surface area contributed by atoms with Gasteiger partial charge in [0.05, 0.1) is 11.6 Å². The van der Waals surface area contributed by atoms with Gasteiger partial charge in [0.25, 0.3) is 0 Å². The lowest BCUT2D eigenvalue weighted by Crippen LogP contribution is -2.04. The van der Waals surface area contributed by atoms with Crippen molar-refractivity contribution in [2.75, 3.05) is 0 Å². The van der Waals surface area contributed by atoms with Crippen LogP contribution in [0.25, 0.3) is 22.4 Å². The molecule has 0 unspecified atom stereocenters. The fourth-order valence-electron chi connectivity index (χ4n) is 1.68. The third kappa shape index (κ3) is 1.60. The Hall–Kier alpha value is -2.14. The molecule has 0 aliphatic rings. The number of para-hydroxylation sites is 1. The van der Waals surface area contributed by atoms with Crippen molar-refractivity contribution in [2.24, 2.45) is 5.73 Å². The van der Waals surface area contributed by atoms with Crippen LogP contribution in [0.1, 0.15) is 18.9 Å². The number of nitrogens with zero attached hydrogens (tertiary/aromatic N) is 2. The van der Waals surface area contributed by atoms with Gasteiger partial charge in [0.15, 0.2) is 0 Å². The molecule has 0 amide bonds. The Morgan fingerprint density at radius 3 is 2.88 bits per heavy atom. The largest absolute Gasteiger partial charge is 0.464 e.